The van der Waals surface area contributed by atoms with E-state index >= 15 is 0 Å². The zero-order valence-corrected chi connectivity index (χ0v) is 13.6. The van der Waals surface area contributed by atoms with E-state index in [0.29, 0.717) is 11.8 Å². The summed E-state index contributed by atoms with van der Waals surface area (Å²) in [5.41, 5.74) is 3.61. The molecular formula is C15H18BrClN2. The summed E-state index contributed by atoms with van der Waals surface area (Å²) in [5.74, 6) is 0.933. The molecule has 2 rings (SSSR count). The maximum absolute atomic E-state index is 6.15. The number of aromatic nitrogens is 2. The molecule has 1 unspecified atom stereocenters. The molecule has 19 heavy (non-hydrogen) atoms. The van der Waals surface area contributed by atoms with Crippen LogP contribution < -0.4 is 0 Å². The lowest BCUT2D eigenvalue weighted by Gasteiger charge is -2.14. The van der Waals surface area contributed by atoms with Crippen LogP contribution in [0.4, 0.5) is 0 Å². The molecule has 4 heteroatoms. The topological polar surface area (TPSA) is 17.8 Å². The second-order valence-electron chi connectivity index (χ2n) is 4.65. The molecule has 0 N–H and O–H groups in total. The predicted molar refractivity (Wildman–Crippen MR) is 83.9 cm³/mol. The van der Waals surface area contributed by atoms with Crippen LogP contribution in [-0.4, -0.2) is 15.7 Å². The maximum atomic E-state index is 6.15. The summed E-state index contributed by atoms with van der Waals surface area (Å²) < 4.78 is 3.09. The van der Waals surface area contributed by atoms with Gasteiger partial charge in [0.15, 0.2) is 0 Å². The third-order valence-corrected chi connectivity index (χ3v) is 4.69. The highest BCUT2D eigenvalue weighted by atomic mass is 79.9. The molecule has 0 fully saturated rings. The molecule has 2 nitrogen and oxygen atoms in total. The first kappa shape index (κ1) is 14.6. The van der Waals surface area contributed by atoms with Crippen LogP contribution in [0.3, 0.4) is 0 Å². The summed E-state index contributed by atoms with van der Waals surface area (Å²) in [6.45, 7) is 2.12. The second-order valence-corrected chi connectivity index (χ2v) is 5.75. The zero-order chi connectivity index (χ0) is 13.8. The smallest absolute Gasteiger partial charge is 0.0766 e. The normalized spacial score (nSPS) is 12.6. The van der Waals surface area contributed by atoms with Gasteiger partial charge in [-0.2, -0.15) is 5.10 Å². The van der Waals surface area contributed by atoms with E-state index in [1.54, 1.807) is 0 Å². The molecule has 1 heterocycles. The number of alkyl halides is 1. The molecule has 0 aliphatic carbocycles. The van der Waals surface area contributed by atoms with Crippen molar-refractivity contribution in [2.45, 2.75) is 25.7 Å². The minimum Gasteiger partial charge on any atom is -0.271 e. The molecule has 0 saturated heterocycles. The summed E-state index contributed by atoms with van der Waals surface area (Å²) in [7, 11) is 2.00. The van der Waals surface area contributed by atoms with Crippen LogP contribution in [0.15, 0.2) is 34.8 Å². The minimum absolute atomic E-state index is 0.319. The number of rotatable bonds is 5. The lowest BCUT2D eigenvalue weighted by Crippen LogP contribution is -2.08. The number of aryl methyl sites for hydroxylation is 2. The number of hydrogen-bond donors (Lipinski definition) is 0. The van der Waals surface area contributed by atoms with Gasteiger partial charge >= 0.3 is 0 Å². The van der Waals surface area contributed by atoms with Crippen molar-refractivity contribution in [1.29, 1.82) is 0 Å². The van der Waals surface area contributed by atoms with E-state index in [-0.39, 0.29) is 0 Å². The average molecular weight is 342 g/mol. The summed E-state index contributed by atoms with van der Waals surface area (Å²) in [5, 5.41) is 4.54. The number of halogens is 2. The highest BCUT2D eigenvalue weighted by molar-refractivity contribution is 9.10. The van der Waals surface area contributed by atoms with E-state index < -0.39 is 0 Å². The highest BCUT2D eigenvalue weighted by Crippen LogP contribution is 2.28. The quantitative estimate of drug-likeness (QED) is 0.741. The molecular weight excluding hydrogens is 324 g/mol. The Morgan fingerprint density at radius 2 is 2.00 bits per heavy atom. The Morgan fingerprint density at radius 3 is 2.53 bits per heavy atom. The van der Waals surface area contributed by atoms with Gasteiger partial charge in [0.05, 0.1) is 15.9 Å². The van der Waals surface area contributed by atoms with Crippen molar-refractivity contribution in [2.24, 2.45) is 7.05 Å². The molecule has 1 atom stereocenters. The molecule has 0 spiro atoms. The molecule has 0 saturated carbocycles. The van der Waals surface area contributed by atoms with Crippen molar-refractivity contribution in [3.8, 4) is 0 Å². The van der Waals surface area contributed by atoms with Crippen LogP contribution >= 0.6 is 27.5 Å². The van der Waals surface area contributed by atoms with E-state index in [0.717, 1.165) is 23.0 Å². The van der Waals surface area contributed by atoms with Crippen LogP contribution in [0, 0.1) is 0 Å². The maximum Gasteiger partial charge on any atom is 0.0766 e. The molecule has 0 bridgehead atoms. The largest absolute Gasteiger partial charge is 0.271 e. The van der Waals surface area contributed by atoms with Crippen molar-refractivity contribution in [3.63, 3.8) is 0 Å². The van der Waals surface area contributed by atoms with Gasteiger partial charge in [0.2, 0.25) is 0 Å². The minimum atomic E-state index is 0.319. The van der Waals surface area contributed by atoms with Crippen LogP contribution in [0.2, 0.25) is 0 Å². The van der Waals surface area contributed by atoms with Gasteiger partial charge in [-0.05, 0) is 34.3 Å². The number of hydrogen-bond acceptors (Lipinski definition) is 1. The van der Waals surface area contributed by atoms with Crippen LogP contribution in [0.1, 0.15) is 29.8 Å². The van der Waals surface area contributed by atoms with Gasteiger partial charge in [0.1, 0.15) is 0 Å². The van der Waals surface area contributed by atoms with Crippen molar-refractivity contribution in [3.05, 3.63) is 51.8 Å². The molecule has 0 aliphatic heterocycles. The van der Waals surface area contributed by atoms with Gasteiger partial charge in [0, 0.05) is 18.8 Å². The molecule has 1 aromatic carbocycles. The Hall–Kier alpha value is -0.800. The first-order valence-electron chi connectivity index (χ1n) is 6.48. The Morgan fingerprint density at radius 1 is 1.32 bits per heavy atom. The summed E-state index contributed by atoms with van der Waals surface area (Å²) in [6.07, 6.45) is 1.84. The third-order valence-electron chi connectivity index (χ3n) is 3.40. The molecule has 1 aromatic heterocycles. The van der Waals surface area contributed by atoms with E-state index in [4.69, 9.17) is 11.6 Å². The molecule has 0 amide bonds. The Labute approximate surface area is 127 Å². The zero-order valence-electron chi connectivity index (χ0n) is 11.2. The van der Waals surface area contributed by atoms with Gasteiger partial charge in [-0.1, -0.05) is 37.3 Å². The second kappa shape index (κ2) is 6.58. The SMILES string of the molecule is CCc1nn(C)c(CC(CCl)c2ccccc2)c1Br. The van der Waals surface area contributed by atoms with Gasteiger partial charge in [-0.25, -0.2) is 0 Å². The van der Waals surface area contributed by atoms with E-state index in [1.807, 2.05) is 17.8 Å². The molecule has 2 aromatic rings. The van der Waals surface area contributed by atoms with Crippen LogP contribution in [0.25, 0.3) is 0 Å². The lowest BCUT2D eigenvalue weighted by molar-refractivity contribution is 0.654. The van der Waals surface area contributed by atoms with E-state index in [1.165, 1.54) is 11.3 Å². The lowest BCUT2D eigenvalue weighted by atomic mass is 9.96. The van der Waals surface area contributed by atoms with Crippen LogP contribution in [-0.2, 0) is 19.9 Å². The first-order valence-corrected chi connectivity index (χ1v) is 7.81. The summed E-state index contributed by atoms with van der Waals surface area (Å²) in [6, 6.07) is 10.4. The van der Waals surface area contributed by atoms with Crippen molar-refractivity contribution < 1.29 is 0 Å². The fourth-order valence-corrected chi connectivity index (χ4v) is 3.33. The van der Waals surface area contributed by atoms with Gasteiger partial charge < -0.3 is 0 Å². The van der Waals surface area contributed by atoms with Gasteiger partial charge in [-0.15, -0.1) is 11.6 Å². The van der Waals surface area contributed by atoms with E-state index in [9.17, 15) is 0 Å². The summed E-state index contributed by atoms with van der Waals surface area (Å²) in [4.78, 5) is 0. The van der Waals surface area contributed by atoms with Crippen LogP contribution in [0.5, 0.6) is 0 Å². The van der Waals surface area contributed by atoms with Crippen molar-refractivity contribution in [2.75, 3.05) is 5.88 Å². The van der Waals surface area contributed by atoms with Gasteiger partial charge in [-0.3, -0.25) is 4.68 Å². The van der Waals surface area contributed by atoms with Gasteiger partial charge in [0.25, 0.3) is 0 Å². The standard InChI is InChI=1S/C15H18BrClN2/c1-3-13-15(16)14(19(2)18-13)9-12(10-17)11-7-5-4-6-8-11/h4-8,12H,3,9-10H2,1-2H3. The van der Waals surface area contributed by atoms with Crippen molar-refractivity contribution >= 4 is 27.5 Å². The monoisotopic (exact) mass is 340 g/mol. The Kier molecular flexibility index (Phi) is 5.06. The van der Waals surface area contributed by atoms with Crippen molar-refractivity contribution in [1.82, 2.24) is 9.78 Å². The predicted octanol–water partition coefficient (Wildman–Crippen LogP) is 4.31. The highest BCUT2D eigenvalue weighted by Gasteiger charge is 2.18. The Balaban J connectivity index is 2.26. The molecule has 102 valence electrons. The summed E-state index contributed by atoms with van der Waals surface area (Å²) >= 11 is 9.82. The number of nitrogens with zero attached hydrogens (tertiary/aromatic N) is 2. The third kappa shape index (κ3) is 3.21. The average Bonchev–Trinajstić information content (AvgIpc) is 2.72. The molecule has 0 aliphatic rings. The number of benzene rings is 1. The molecule has 0 radical (unpaired) electrons. The fraction of sp³-hybridized carbons (Fsp3) is 0.400. The van der Waals surface area contributed by atoms with E-state index in [2.05, 4.69) is 52.2 Å². The first-order chi connectivity index (χ1) is 9.17. The Bertz CT molecular complexity index is 537. The fourth-order valence-electron chi connectivity index (χ4n) is 2.26.